The van der Waals surface area contributed by atoms with Gasteiger partial charge in [0.25, 0.3) is 5.91 Å². The van der Waals surface area contributed by atoms with Crippen molar-refractivity contribution in [2.24, 2.45) is 0 Å². The summed E-state index contributed by atoms with van der Waals surface area (Å²) in [6, 6.07) is 13.7. The highest BCUT2D eigenvalue weighted by atomic mass is 19.1. The molecule has 4 nitrogen and oxygen atoms in total. The molecule has 0 saturated heterocycles. The Kier molecular flexibility index (Phi) is 5.25. The predicted molar refractivity (Wildman–Crippen MR) is 79.7 cm³/mol. The fraction of sp³-hybridized carbons (Fsp3) is 0.176. The second kappa shape index (κ2) is 7.36. The summed E-state index contributed by atoms with van der Waals surface area (Å²) in [6.45, 7) is 0. The van der Waals surface area contributed by atoms with Crippen LogP contribution in [0.2, 0.25) is 0 Å². The minimum absolute atomic E-state index is 0.0271. The maximum Gasteiger partial charge on any atom is 0.307 e. The molecule has 0 fully saturated rings. The highest BCUT2D eigenvalue weighted by Crippen LogP contribution is 2.19. The number of carbonyl (C=O) groups is 2. The van der Waals surface area contributed by atoms with Crippen LogP contribution >= 0.6 is 0 Å². The van der Waals surface area contributed by atoms with Crippen LogP contribution in [0.25, 0.3) is 0 Å². The van der Waals surface area contributed by atoms with Crippen LogP contribution in [0.4, 0.5) is 4.39 Å². The van der Waals surface area contributed by atoms with Crippen molar-refractivity contribution in [3.63, 3.8) is 0 Å². The number of hydrogen-bond donors (Lipinski definition) is 1. The first kappa shape index (κ1) is 15.7. The van der Waals surface area contributed by atoms with Gasteiger partial charge in [-0.2, -0.15) is 0 Å². The number of methoxy groups -OCH3 is 1. The van der Waals surface area contributed by atoms with Crippen LogP contribution in [0, 0.1) is 5.82 Å². The van der Waals surface area contributed by atoms with Crippen molar-refractivity contribution in [2.75, 3.05) is 7.11 Å². The molecule has 22 heavy (non-hydrogen) atoms. The molecule has 0 spiro atoms. The molecule has 0 aromatic heterocycles. The lowest BCUT2D eigenvalue weighted by Crippen LogP contribution is -2.30. The fourth-order valence-corrected chi connectivity index (χ4v) is 2.03. The Morgan fingerprint density at radius 3 is 2.32 bits per heavy atom. The Bertz CT molecular complexity index is 641. The molecule has 0 heterocycles. The van der Waals surface area contributed by atoms with Gasteiger partial charge in [0.1, 0.15) is 5.82 Å². The van der Waals surface area contributed by atoms with E-state index >= 15 is 0 Å². The summed E-state index contributed by atoms with van der Waals surface area (Å²) in [5, 5.41) is 2.77. The summed E-state index contributed by atoms with van der Waals surface area (Å²) < 4.78 is 17.7. The molecule has 1 amide bonds. The van der Waals surface area contributed by atoms with Gasteiger partial charge in [-0.1, -0.05) is 30.3 Å². The summed E-state index contributed by atoms with van der Waals surface area (Å²) in [4.78, 5) is 23.8. The summed E-state index contributed by atoms with van der Waals surface area (Å²) in [6.07, 6.45) is -0.0271. The van der Waals surface area contributed by atoms with Crippen LogP contribution < -0.4 is 5.32 Å². The molecule has 0 bridgehead atoms. The quantitative estimate of drug-likeness (QED) is 0.864. The van der Waals surface area contributed by atoms with E-state index in [0.717, 1.165) is 0 Å². The minimum Gasteiger partial charge on any atom is -0.469 e. The molecular formula is C17H16FNO3. The molecule has 0 aliphatic heterocycles. The smallest absolute Gasteiger partial charge is 0.307 e. The number of amides is 1. The molecule has 5 heteroatoms. The number of ether oxygens (including phenoxy) is 1. The molecule has 0 saturated carbocycles. The van der Waals surface area contributed by atoms with Gasteiger partial charge in [-0.25, -0.2) is 4.39 Å². The third kappa shape index (κ3) is 4.15. The highest BCUT2D eigenvalue weighted by Gasteiger charge is 2.19. The zero-order valence-electron chi connectivity index (χ0n) is 12.1. The molecule has 1 unspecified atom stereocenters. The Balaban J connectivity index is 2.19. The molecule has 0 aliphatic carbocycles. The van der Waals surface area contributed by atoms with Crippen molar-refractivity contribution in [3.05, 3.63) is 71.5 Å². The van der Waals surface area contributed by atoms with Crippen molar-refractivity contribution >= 4 is 11.9 Å². The third-order valence-electron chi connectivity index (χ3n) is 3.21. The molecule has 2 rings (SSSR count). The average molecular weight is 301 g/mol. The van der Waals surface area contributed by atoms with Crippen molar-refractivity contribution in [3.8, 4) is 0 Å². The highest BCUT2D eigenvalue weighted by molar-refractivity contribution is 5.94. The topological polar surface area (TPSA) is 55.4 Å². The summed E-state index contributed by atoms with van der Waals surface area (Å²) in [7, 11) is 1.28. The van der Waals surface area contributed by atoms with Gasteiger partial charge >= 0.3 is 5.97 Å². The van der Waals surface area contributed by atoms with E-state index in [9.17, 15) is 14.0 Å². The molecular weight excluding hydrogens is 285 g/mol. The van der Waals surface area contributed by atoms with Crippen LogP contribution in [0.3, 0.4) is 0 Å². The second-order valence-electron chi connectivity index (χ2n) is 4.72. The number of hydrogen-bond acceptors (Lipinski definition) is 3. The number of rotatable bonds is 5. The minimum atomic E-state index is -0.583. The van der Waals surface area contributed by atoms with Crippen molar-refractivity contribution in [1.29, 1.82) is 0 Å². The Morgan fingerprint density at radius 2 is 1.73 bits per heavy atom. The van der Waals surface area contributed by atoms with Gasteiger partial charge < -0.3 is 10.1 Å². The van der Waals surface area contributed by atoms with E-state index in [1.165, 1.54) is 31.4 Å². The van der Waals surface area contributed by atoms with E-state index in [1.54, 1.807) is 24.3 Å². The second-order valence-corrected chi connectivity index (χ2v) is 4.72. The lowest BCUT2D eigenvalue weighted by molar-refractivity contribution is -0.141. The number of nitrogens with one attached hydrogen (secondary N) is 1. The summed E-state index contributed by atoms with van der Waals surface area (Å²) in [5.74, 6) is -1.14. The van der Waals surface area contributed by atoms with Crippen LogP contribution in [0.5, 0.6) is 0 Å². The molecule has 0 radical (unpaired) electrons. The number of esters is 1. The molecule has 1 N–H and O–H groups in total. The third-order valence-corrected chi connectivity index (χ3v) is 3.21. The van der Waals surface area contributed by atoms with Crippen LogP contribution in [0.15, 0.2) is 54.6 Å². The van der Waals surface area contributed by atoms with Crippen molar-refractivity contribution < 1.29 is 18.7 Å². The van der Waals surface area contributed by atoms with Gasteiger partial charge in [-0.3, -0.25) is 9.59 Å². The van der Waals surface area contributed by atoms with Crippen molar-refractivity contribution in [2.45, 2.75) is 12.5 Å². The number of carbonyl (C=O) groups excluding carboxylic acids is 2. The normalized spacial score (nSPS) is 11.5. The maximum atomic E-state index is 13.0. The monoisotopic (exact) mass is 301 g/mol. The first-order chi connectivity index (χ1) is 10.6. The van der Waals surface area contributed by atoms with Gasteiger partial charge in [0.15, 0.2) is 0 Å². The molecule has 114 valence electrons. The lowest BCUT2D eigenvalue weighted by Gasteiger charge is -2.18. The van der Waals surface area contributed by atoms with Crippen LogP contribution in [0.1, 0.15) is 28.4 Å². The van der Waals surface area contributed by atoms with Gasteiger partial charge in [0.05, 0.1) is 19.6 Å². The van der Waals surface area contributed by atoms with Gasteiger partial charge in [0.2, 0.25) is 0 Å². The molecule has 2 aromatic rings. The Morgan fingerprint density at radius 1 is 1.09 bits per heavy atom. The van der Waals surface area contributed by atoms with E-state index in [-0.39, 0.29) is 18.1 Å². The number of benzene rings is 2. The standard InChI is InChI=1S/C17H16FNO3/c1-22-16(20)11-15(12-7-9-14(18)10-8-12)19-17(21)13-5-3-2-4-6-13/h2-10,15H,11H2,1H3,(H,19,21). The Labute approximate surface area is 127 Å². The largest absolute Gasteiger partial charge is 0.469 e. The van der Waals surface area contributed by atoms with E-state index < -0.39 is 12.0 Å². The lowest BCUT2D eigenvalue weighted by atomic mass is 10.0. The first-order valence-electron chi connectivity index (χ1n) is 6.78. The van der Waals surface area contributed by atoms with Crippen LogP contribution in [-0.2, 0) is 9.53 Å². The zero-order chi connectivity index (χ0) is 15.9. The fourth-order valence-electron chi connectivity index (χ4n) is 2.03. The van der Waals surface area contributed by atoms with Gasteiger partial charge in [-0.05, 0) is 29.8 Å². The Hall–Kier alpha value is -2.69. The molecule has 1 atom stereocenters. The van der Waals surface area contributed by atoms with Crippen molar-refractivity contribution in [1.82, 2.24) is 5.32 Å². The average Bonchev–Trinajstić information content (AvgIpc) is 2.55. The maximum absolute atomic E-state index is 13.0. The molecule has 2 aromatic carbocycles. The van der Waals surface area contributed by atoms with Gasteiger partial charge in [0, 0.05) is 5.56 Å². The SMILES string of the molecule is COC(=O)CC(NC(=O)c1ccccc1)c1ccc(F)cc1. The molecule has 0 aliphatic rings. The van der Waals surface area contributed by atoms with E-state index in [2.05, 4.69) is 10.1 Å². The summed E-state index contributed by atoms with van der Waals surface area (Å²) in [5.41, 5.74) is 1.12. The number of halogens is 1. The summed E-state index contributed by atoms with van der Waals surface area (Å²) >= 11 is 0. The van der Waals surface area contributed by atoms with Crippen LogP contribution in [-0.4, -0.2) is 19.0 Å². The van der Waals surface area contributed by atoms with E-state index in [4.69, 9.17) is 0 Å². The van der Waals surface area contributed by atoms with E-state index in [0.29, 0.717) is 11.1 Å². The van der Waals surface area contributed by atoms with E-state index in [1.807, 2.05) is 6.07 Å². The zero-order valence-corrected chi connectivity index (χ0v) is 12.1. The van der Waals surface area contributed by atoms with Gasteiger partial charge in [-0.15, -0.1) is 0 Å². The first-order valence-corrected chi connectivity index (χ1v) is 6.78. The predicted octanol–water partition coefficient (Wildman–Crippen LogP) is 2.86.